The van der Waals surface area contributed by atoms with Crippen LogP contribution in [0.2, 0.25) is 0 Å². The molecule has 2 aromatic carbocycles. The zero-order chi connectivity index (χ0) is 17.1. The number of halogens is 2. The van der Waals surface area contributed by atoms with Crippen LogP contribution in [0.25, 0.3) is 0 Å². The maximum absolute atomic E-state index is 13.8. The van der Waals surface area contributed by atoms with E-state index in [1.807, 2.05) is 0 Å². The predicted molar refractivity (Wildman–Crippen MR) is 85.8 cm³/mol. The Hall–Kier alpha value is -2.96. The van der Waals surface area contributed by atoms with Gasteiger partial charge in [0, 0.05) is 13.0 Å². The average Bonchev–Trinajstić information content (AvgIpc) is 2.99. The Balaban J connectivity index is 1.82. The molecule has 5 nitrogen and oxygen atoms in total. The number of hydrogen-bond acceptors (Lipinski definition) is 3. The minimum Gasteiger partial charge on any atom is -0.355 e. The fourth-order valence-corrected chi connectivity index (χ4v) is 2.46. The number of benzene rings is 2. The van der Waals surface area contributed by atoms with Gasteiger partial charge in [0.25, 0.3) is 0 Å². The molecule has 0 radical (unpaired) electrons. The highest BCUT2D eigenvalue weighted by molar-refractivity contribution is 5.99. The molecule has 0 aliphatic carbocycles. The number of rotatable bonds is 4. The van der Waals surface area contributed by atoms with Crippen molar-refractivity contribution in [2.75, 3.05) is 17.2 Å². The number of para-hydroxylation sites is 1. The van der Waals surface area contributed by atoms with Crippen LogP contribution < -0.4 is 16.0 Å². The minimum absolute atomic E-state index is 0.114. The third-order valence-corrected chi connectivity index (χ3v) is 3.73. The van der Waals surface area contributed by atoms with E-state index in [1.165, 1.54) is 30.3 Å². The van der Waals surface area contributed by atoms with Crippen molar-refractivity contribution in [2.45, 2.75) is 6.42 Å². The highest BCUT2D eigenvalue weighted by atomic mass is 19.1. The van der Waals surface area contributed by atoms with Gasteiger partial charge in [0.2, 0.25) is 11.8 Å². The van der Waals surface area contributed by atoms with Gasteiger partial charge in [0.15, 0.2) is 0 Å². The van der Waals surface area contributed by atoms with E-state index in [4.69, 9.17) is 0 Å². The first-order valence-electron chi connectivity index (χ1n) is 7.41. The van der Waals surface area contributed by atoms with Crippen molar-refractivity contribution in [1.82, 2.24) is 5.32 Å². The molecule has 7 heteroatoms. The maximum atomic E-state index is 13.8. The summed E-state index contributed by atoms with van der Waals surface area (Å²) in [5.74, 6) is -2.03. The molecule has 124 valence electrons. The van der Waals surface area contributed by atoms with Crippen molar-refractivity contribution in [2.24, 2.45) is 5.92 Å². The van der Waals surface area contributed by atoms with E-state index >= 15 is 0 Å². The third-order valence-electron chi connectivity index (χ3n) is 3.73. The predicted octanol–water partition coefficient (Wildman–Crippen LogP) is 2.78. The molecule has 1 atom stereocenters. The van der Waals surface area contributed by atoms with Crippen molar-refractivity contribution in [3.63, 3.8) is 0 Å². The van der Waals surface area contributed by atoms with Gasteiger partial charge in [-0.15, -0.1) is 0 Å². The van der Waals surface area contributed by atoms with E-state index in [1.54, 1.807) is 12.1 Å². The van der Waals surface area contributed by atoms with Crippen molar-refractivity contribution in [3.05, 3.63) is 54.1 Å². The van der Waals surface area contributed by atoms with Crippen molar-refractivity contribution >= 4 is 28.9 Å². The Kier molecular flexibility index (Phi) is 4.41. The molecule has 0 saturated carbocycles. The SMILES string of the molecule is O=C1C[C@@H](C(=O)Nc2ccc(F)cc2Nc2ccccc2F)CN1. The molecule has 1 fully saturated rings. The summed E-state index contributed by atoms with van der Waals surface area (Å²) < 4.78 is 27.3. The smallest absolute Gasteiger partial charge is 0.229 e. The fraction of sp³-hybridized carbons (Fsp3) is 0.176. The molecule has 0 spiro atoms. The first kappa shape index (κ1) is 15.9. The van der Waals surface area contributed by atoms with Gasteiger partial charge >= 0.3 is 0 Å². The van der Waals surface area contributed by atoms with Crippen LogP contribution in [-0.2, 0) is 9.59 Å². The molecule has 3 rings (SSSR count). The molecule has 1 aliphatic rings. The number of hydrogen-bond donors (Lipinski definition) is 3. The van der Waals surface area contributed by atoms with Crippen LogP contribution in [0.3, 0.4) is 0 Å². The summed E-state index contributed by atoms with van der Waals surface area (Å²) in [6.07, 6.45) is 0.114. The van der Waals surface area contributed by atoms with Crippen LogP contribution in [0.15, 0.2) is 42.5 Å². The van der Waals surface area contributed by atoms with Gasteiger partial charge in [-0.1, -0.05) is 12.1 Å². The Labute approximate surface area is 137 Å². The standard InChI is InChI=1S/C17H15F2N3O2/c18-11-5-6-14(22-17(24)10-7-16(23)20-9-10)15(8-11)21-13-4-2-1-3-12(13)19/h1-6,8,10,21H,7,9H2,(H,20,23)(H,22,24)/t10-/m1/s1. The summed E-state index contributed by atoms with van der Waals surface area (Å²) in [5.41, 5.74) is 0.700. The summed E-state index contributed by atoms with van der Waals surface area (Å²) >= 11 is 0. The van der Waals surface area contributed by atoms with Crippen LogP contribution in [0.1, 0.15) is 6.42 Å². The van der Waals surface area contributed by atoms with Crippen molar-refractivity contribution in [1.29, 1.82) is 0 Å². The highest BCUT2D eigenvalue weighted by Gasteiger charge is 2.28. The lowest BCUT2D eigenvalue weighted by atomic mass is 10.1. The first-order valence-corrected chi connectivity index (χ1v) is 7.41. The van der Waals surface area contributed by atoms with Crippen LogP contribution in [0.5, 0.6) is 0 Å². The van der Waals surface area contributed by atoms with Crippen molar-refractivity contribution < 1.29 is 18.4 Å². The van der Waals surface area contributed by atoms with Crippen LogP contribution in [0, 0.1) is 17.6 Å². The van der Waals surface area contributed by atoms with Crippen LogP contribution in [0.4, 0.5) is 25.8 Å². The molecule has 1 aliphatic heterocycles. The van der Waals surface area contributed by atoms with Gasteiger partial charge in [-0.25, -0.2) is 8.78 Å². The van der Waals surface area contributed by atoms with Gasteiger partial charge < -0.3 is 16.0 Å². The number of nitrogens with one attached hydrogen (secondary N) is 3. The monoisotopic (exact) mass is 331 g/mol. The summed E-state index contributed by atoms with van der Waals surface area (Å²) in [6.45, 7) is 0.266. The molecule has 0 aromatic heterocycles. The third kappa shape index (κ3) is 3.51. The number of carbonyl (C=O) groups excluding carboxylic acids is 2. The largest absolute Gasteiger partial charge is 0.355 e. The van der Waals surface area contributed by atoms with Gasteiger partial charge in [-0.05, 0) is 30.3 Å². The van der Waals surface area contributed by atoms with Crippen molar-refractivity contribution in [3.8, 4) is 0 Å². The molecule has 2 amide bonds. The lowest BCUT2D eigenvalue weighted by Crippen LogP contribution is -2.25. The summed E-state index contributed by atoms with van der Waals surface area (Å²) in [5, 5.41) is 8.01. The fourth-order valence-electron chi connectivity index (χ4n) is 2.46. The number of anilines is 3. The number of carbonyl (C=O) groups is 2. The molecule has 24 heavy (non-hydrogen) atoms. The molecule has 2 aromatic rings. The lowest BCUT2D eigenvalue weighted by molar-refractivity contribution is -0.123. The molecular weight excluding hydrogens is 316 g/mol. The second kappa shape index (κ2) is 6.66. The van der Waals surface area contributed by atoms with Crippen LogP contribution in [-0.4, -0.2) is 18.4 Å². The second-order valence-electron chi connectivity index (χ2n) is 5.49. The van der Waals surface area contributed by atoms with Gasteiger partial charge in [-0.2, -0.15) is 0 Å². The summed E-state index contributed by atoms with van der Waals surface area (Å²) in [7, 11) is 0. The molecular formula is C17H15F2N3O2. The van der Waals surface area contributed by atoms with E-state index in [2.05, 4.69) is 16.0 Å². The highest BCUT2D eigenvalue weighted by Crippen LogP contribution is 2.28. The van der Waals surface area contributed by atoms with E-state index in [0.29, 0.717) is 5.69 Å². The van der Waals surface area contributed by atoms with Gasteiger partial charge in [0.05, 0.1) is 23.0 Å². The molecule has 0 unspecified atom stereocenters. The first-order chi connectivity index (χ1) is 11.5. The van der Waals surface area contributed by atoms with E-state index in [0.717, 1.165) is 0 Å². The molecule has 1 saturated heterocycles. The molecule has 3 N–H and O–H groups in total. The lowest BCUT2D eigenvalue weighted by Gasteiger charge is -2.15. The number of amides is 2. The maximum Gasteiger partial charge on any atom is 0.229 e. The second-order valence-corrected chi connectivity index (χ2v) is 5.49. The Bertz CT molecular complexity index is 795. The van der Waals surface area contributed by atoms with E-state index in [9.17, 15) is 18.4 Å². The van der Waals surface area contributed by atoms with E-state index in [-0.39, 0.29) is 36.2 Å². The molecule has 1 heterocycles. The van der Waals surface area contributed by atoms with Crippen LogP contribution >= 0.6 is 0 Å². The van der Waals surface area contributed by atoms with E-state index < -0.39 is 17.6 Å². The Morgan fingerprint density at radius 2 is 1.88 bits per heavy atom. The Morgan fingerprint density at radius 3 is 2.58 bits per heavy atom. The normalized spacial score (nSPS) is 16.6. The zero-order valence-electron chi connectivity index (χ0n) is 12.6. The topological polar surface area (TPSA) is 70.2 Å². The Morgan fingerprint density at radius 1 is 1.08 bits per heavy atom. The summed E-state index contributed by atoms with van der Waals surface area (Å²) in [6, 6.07) is 9.71. The zero-order valence-corrected chi connectivity index (χ0v) is 12.6. The van der Waals surface area contributed by atoms with Gasteiger partial charge in [-0.3, -0.25) is 9.59 Å². The quantitative estimate of drug-likeness (QED) is 0.807. The van der Waals surface area contributed by atoms with Gasteiger partial charge in [0.1, 0.15) is 11.6 Å². The summed E-state index contributed by atoms with van der Waals surface area (Å²) in [4.78, 5) is 23.4. The minimum atomic E-state index is -0.524. The average molecular weight is 331 g/mol. The molecule has 0 bridgehead atoms.